The van der Waals surface area contributed by atoms with Gasteiger partial charge < -0.3 is 10.0 Å². The van der Waals surface area contributed by atoms with E-state index < -0.39 is 17.7 Å². The third kappa shape index (κ3) is 3.14. The Balaban J connectivity index is 2.09. The Labute approximate surface area is 156 Å². The molecule has 0 saturated carbocycles. The molecular weight excluding hydrogens is 350 g/mol. The Morgan fingerprint density at radius 3 is 2.58 bits per heavy atom. The predicted octanol–water partition coefficient (Wildman–Crippen LogP) is 3.53. The molecule has 0 aliphatic carbocycles. The second kappa shape index (κ2) is 7.37. The highest BCUT2D eigenvalue weighted by molar-refractivity contribution is 7.14. The Hall–Kier alpha value is -2.54. The van der Waals surface area contributed by atoms with Crippen molar-refractivity contribution in [2.45, 2.75) is 39.7 Å². The molecule has 26 heavy (non-hydrogen) atoms. The normalized spacial score (nSPS) is 17.3. The van der Waals surface area contributed by atoms with Gasteiger partial charge in [-0.1, -0.05) is 13.3 Å². The number of aryl methyl sites for hydroxylation is 2. The minimum Gasteiger partial charge on any atom is -0.503 e. The molecule has 3 heterocycles. The zero-order chi connectivity index (χ0) is 18.8. The lowest BCUT2D eigenvalue weighted by Gasteiger charge is -2.26. The molecule has 0 radical (unpaired) electrons. The van der Waals surface area contributed by atoms with Gasteiger partial charge in [-0.25, -0.2) is 4.98 Å². The van der Waals surface area contributed by atoms with Crippen LogP contribution >= 0.6 is 11.3 Å². The standard InChI is InChI=1S/C19H21N3O3S/c1-4-5-10-22-15(13-6-8-20-9-7-13)14(17(24)19(22)25)16(23)18-11(2)21-12(3)26-18/h6-9,15,24H,4-5,10H2,1-3H3. The lowest BCUT2D eigenvalue weighted by atomic mass is 9.95. The molecule has 1 aliphatic rings. The molecule has 0 fully saturated rings. The summed E-state index contributed by atoms with van der Waals surface area (Å²) in [6.07, 6.45) is 4.94. The highest BCUT2D eigenvalue weighted by atomic mass is 32.1. The summed E-state index contributed by atoms with van der Waals surface area (Å²) in [7, 11) is 0. The molecule has 1 N–H and O–H groups in total. The summed E-state index contributed by atoms with van der Waals surface area (Å²) in [4.78, 5) is 36.2. The van der Waals surface area contributed by atoms with Crippen LogP contribution in [0.25, 0.3) is 0 Å². The van der Waals surface area contributed by atoms with E-state index in [1.165, 1.54) is 11.3 Å². The van der Waals surface area contributed by atoms with Crippen LogP contribution in [0.4, 0.5) is 0 Å². The maximum atomic E-state index is 13.2. The number of aliphatic hydroxyl groups excluding tert-OH is 1. The van der Waals surface area contributed by atoms with Crippen LogP contribution < -0.4 is 0 Å². The first kappa shape index (κ1) is 18.3. The van der Waals surface area contributed by atoms with E-state index in [0.29, 0.717) is 17.1 Å². The van der Waals surface area contributed by atoms with E-state index in [9.17, 15) is 14.7 Å². The molecule has 0 bridgehead atoms. The highest BCUT2D eigenvalue weighted by Crippen LogP contribution is 2.40. The van der Waals surface area contributed by atoms with Gasteiger partial charge in [-0.15, -0.1) is 11.3 Å². The number of Topliss-reactive ketones (excluding diaryl/α,β-unsaturated/α-hetero) is 1. The van der Waals surface area contributed by atoms with Gasteiger partial charge in [0.2, 0.25) is 5.78 Å². The minimum atomic E-state index is -0.605. The van der Waals surface area contributed by atoms with Crippen LogP contribution in [-0.4, -0.2) is 38.2 Å². The van der Waals surface area contributed by atoms with E-state index in [-0.39, 0.29) is 11.4 Å². The van der Waals surface area contributed by atoms with Gasteiger partial charge in [0.1, 0.15) is 0 Å². The second-order valence-electron chi connectivity index (χ2n) is 6.27. The fraction of sp³-hybridized carbons (Fsp3) is 0.368. The number of amides is 1. The SMILES string of the molecule is CCCCN1C(=O)C(O)=C(C(=O)c2sc(C)nc2C)C1c1ccncc1. The van der Waals surface area contributed by atoms with Crippen LogP contribution in [0.2, 0.25) is 0 Å². The van der Waals surface area contributed by atoms with Crippen LogP contribution in [0.5, 0.6) is 0 Å². The first-order valence-electron chi connectivity index (χ1n) is 8.58. The predicted molar refractivity (Wildman–Crippen MR) is 99.2 cm³/mol. The molecule has 0 saturated heterocycles. The number of aliphatic hydroxyl groups is 1. The molecule has 2 aromatic rings. The summed E-state index contributed by atoms with van der Waals surface area (Å²) in [6, 6.07) is 2.94. The van der Waals surface area contributed by atoms with Crippen LogP contribution in [-0.2, 0) is 4.79 Å². The summed E-state index contributed by atoms with van der Waals surface area (Å²) >= 11 is 1.28. The van der Waals surface area contributed by atoms with Gasteiger partial charge in [-0.3, -0.25) is 14.6 Å². The van der Waals surface area contributed by atoms with Gasteiger partial charge in [0, 0.05) is 18.9 Å². The molecule has 7 heteroatoms. The van der Waals surface area contributed by atoms with E-state index >= 15 is 0 Å². The van der Waals surface area contributed by atoms with Crippen LogP contribution in [0.15, 0.2) is 35.9 Å². The van der Waals surface area contributed by atoms with Gasteiger partial charge in [0.15, 0.2) is 5.76 Å². The number of carbonyl (C=O) groups excluding carboxylic acids is 2. The average molecular weight is 371 g/mol. The summed E-state index contributed by atoms with van der Waals surface area (Å²) < 4.78 is 0. The van der Waals surface area contributed by atoms with E-state index in [2.05, 4.69) is 9.97 Å². The second-order valence-corrected chi connectivity index (χ2v) is 7.48. The quantitative estimate of drug-likeness (QED) is 0.785. The number of unbranched alkanes of at least 4 members (excludes halogenated alkanes) is 1. The van der Waals surface area contributed by atoms with Crippen molar-refractivity contribution in [1.29, 1.82) is 0 Å². The largest absolute Gasteiger partial charge is 0.503 e. The van der Waals surface area contributed by atoms with Crippen molar-refractivity contribution in [3.63, 3.8) is 0 Å². The Morgan fingerprint density at radius 1 is 1.31 bits per heavy atom. The lowest BCUT2D eigenvalue weighted by Crippen LogP contribution is -2.32. The summed E-state index contributed by atoms with van der Waals surface area (Å²) in [5.74, 6) is -1.29. The van der Waals surface area contributed by atoms with Gasteiger partial charge >= 0.3 is 0 Å². The summed E-state index contributed by atoms with van der Waals surface area (Å²) in [6.45, 7) is 6.10. The molecule has 1 aliphatic heterocycles. The summed E-state index contributed by atoms with van der Waals surface area (Å²) in [5, 5.41) is 11.3. The lowest BCUT2D eigenvalue weighted by molar-refractivity contribution is -0.129. The number of aromatic nitrogens is 2. The van der Waals surface area contributed by atoms with Gasteiger partial charge in [0.05, 0.1) is 27.2 Å². The molecule has 6 nitrogen and oxygen atoms in total. The number of hydrogen-bond donors (Lipinski definition) is 1. The molecule has 0 aromatic carbocycles. The number of pyridine rings is 1. The zero-order valence-corrected chi connectivity index (χ0v) is 15.8. The van der Waals surface area contributed by atoms with Crippen molar-refractivity contribution in [3.05, 3.63) is 57.0 Å². The molecule has 1 unspecified atom stereocenters. The van der Waals surface area contributed by atoms with E-state index in [1.807, 2.05) is 13.8 Å². The van der Waals surface area contributed by atoms with Crippen LogP contribution in [0.3, 0.4) is 0 Å². The maximum Gasteiger partial charge on any atom is 0.290 e. The number of hydrogen-bond acceptors (Lipinski definition) is 6. The maximum absolute atomic E-state index is 13.2. The van der Waals surface area contributed by atoms with E-state index in [1.54, 1.807) is 36.4 Å². The number of nitrogens with zero attached hydrogens (tertiary/aromatic N) is 3. The fourth-order valence-corrected chi connectivity index (χ4v) is 4.08. The van der Waals surface area contributed by atoms with Gasteiger partial charge in [-0.2, -0.15) is 0 Å². The smallest absolute Gasteiger partial charge is 0.290 e. The van der Waals surface area contributed by atoms with E-state index in [0.717, 1.165) is 23.4 Å². The highest BCUT2D eigenvalue weighted by Gasteiger charge is 2.44. The number of thiazole rings is 1. The third-order valence-corrected chi connectivity index (χ3v) is 5.50. The molecule has 1 atom stereocenters. The molecule has 1 amide bonds. The van der Waals surface area contributed by atoms with Crippen LogP contribution in [0, 0.1) is 13.8 Å². The molecule has 3 rings (SSSR count). The Bertz CT molecular complexity index is 873. The van der Waals surface area contributed by atoms with Gasteiger partial charge in [-0.05, 0) is 38.0 Å². The van der Waals surface area contributed by atoms with Crippen molar-refractivity contribution >= 4 is 23.0 Å². The third-order valence-electron chi connectivity index (χ3n) is 4.43. The first-order valence-corrected chi connectivity index (χ1v) is 9.40. The van der Waals surface area contributed by atoms with Crippen molar-refractivity contribution in [1.82, 2.24) is 14.9 Å². The first-order chi connectivity index (χ1) is 12.5. The number of rotatable bonds is 6. The Morgan fingerprint density at radius 2 is 2.00 bits per heavy atom. The summed E-state index contributed by atoms with van der Waals surface area (Å²) in [5.41, 5.74) is 1.51. The molecular formula is C19H21N3O3S. The van der Waals surface area contributed by atoms with Crippen molar-refractivity contribution in [2.24, 2.45) is 0 Å². The zero-order valence-electron chi connectivity index (χ0n) is 15.0. The van der Waals surface area contributed by atoms with Gasteiger partial charge in [0.25, 0.3) is 5.91 Å². The number of ketones is 1. The number of carbonyl (C=O) groups is 2. The van der Waals surface area contributed by atoms with Crippen LogP contribution in [0.1, 0.15) is 51.7 Å². The molecule has 0 spiro atoms. The minimum absolute atomic E-state index is 0.129. The van der Waals surface area contributed by atoms with Crippen molar-refractivity contribution in [2.75, 3.05) is 6.54 Å². The topological polar surface area (TPSA) is 83.4 Å². The average Bonchev–Trinajstić information content (AvgIpc) is 3.10. The Kier molecular flexibility index (Phi) is 5.18. The van der Waals surface area contributed by atoms with Crippen molar-refractivity contribution < 1.29 is 14.7 Å². The molecule has 2 aromatic heterocycles. The fourth-order valence-electron chi connectivity index (χ4n) is 3.20. The molecule has 136 valence electrons. The van der Waals surface area contributed by atoms with E-state index in [4.69, 9.17) is 0 Å². The van der Waals surface area contributed by atoms with Crippen molar-refractivity contribution in [3.8, 4) is 0 Å². The monoisotopic (exact) mass is 371 g/mol.